The molecular formula is C23H19ClN4O3. The number of nitrogens with one attached hydrogen (secondary N) is 1. The van der Waals surface area contributed by atoms with Gasteiger partial charge in [-0.25, -0.2) is 9.97 Å². The predicted octanol–water partition coefficient (Wildman–Crippen LogP) is 5.28. The summed E-state index contributed by atoms with van der Waals surface area (Å²) >= 11 is 6.44. The summed E-state index contributed by atoms with van der Waals surface area (Å²) in [6.07, 6.45) is 6.94. The summed E-state index contributed by atoms with van der Waals surface area (Å²) in [5.74, 6) is 0.656. The fourth-order valence-corrected chi connectivity index (χ4v) is 3.32. The Morgan fingerprint density at radius 3 is 2.48 bits per heavy atom. The average molecular weight is 435 g/mol. The van der Waals surface area contributed by atoms with Crippen molar-refractivity contribution in [2.75, 3.05) is 12.4 Å². The Labute approximate surface area is 184 Å². The first-order chi connectivity index (χ1) is 15.0. The fraction of sp³-hybridized carbons (Fsp3) is 0.0870. The van der Waals surface area contributed by atoms with E-state index in [1.807, 2.05) is 36.0 Å². The van der Waals surface area contributed by atoms with Crippen LogP contribution in [0.2, 0.25) is 5.02 Å². The molecule has 31 heavy (non-hydrogen) atoms. The van der Waals surface area contributed by atoms with Crippen LogP contribution in [-0.4, -0.2) is 27.6 Å². The van der Waals surface area contributed by atoms with Crippen LogP contribution in [0.1, 0.15) is 15.9 Å². The second-order valence-electron chi connectivity index (χ2n) is 6.66. The number of halogens is 1. The van der Waals surface area contributed by atoms with Crippen LogP contribution >= 0.6 is 11.6 Å². The highest BCUT2D eigenvalue weighted by atomic mass is 35.5. The molecule has 156 valence electrons. The molecule has 0 atom stereocenters. The number of hydrogen-bond donors (Lipinski definition) is 1. The molecular weight excluding hydrogens is 416 g/mol. The van der Waals surface area contributed by atoms with E-state index in [2.05, 4.69) is 15.3 Å². The van der Waals surface area contributed by atoms with E-state index in [1.165, 1.54) is 7.11 Å². The van der Waals surface area contributed by atoms with Gasteiger partial charge < -0.3 is 19.4 Å². The van der Waals surface area contributed by atoms with Crippen molar-refractivity contribution < 1.29 is 14.3 Å². The van der Waals surface area contributed by atoms with Crippen molar-refractivity contribution in [2.45, 2.75) is 6.92 Å². The molecule has 0 saturated carbocycles. The summed E-state index contributed by atoms with van der Waals surface area (Å²) in [4.78, 5) is 21.0. The van der Waals surface area contributed by atoms with Crippen LogP contribution in [0.25, 0.3) is 5.69 Å². The van der Waals surface area contributed by atoms with E-state index in [4.69, 9.17) is 21.1 Å². The number of rotatable bonds is 6. The van der Waals surface area contributed by atoms with E-state index in [0.717, 1.165) is 11.3 Å². The van der Waals surface area contributed by atoms with Gasteiger partial charge in [0.2, 0.25) is 0 Å². The van der Waals surface area contributed by atoms with E-state index in [-0.39, 0.29) is 11.9 Å². The number of carbonyl (C=O) groups excluding carboxylic acids is 1. The number of ether oxygens (including phenoxy) is 2. The Balaban J connectivity index is 1.56. The van der Waals surface area contributed by atoms with Gasteiger partial charge in [0.1, 0.15) is 11.5 Å². The first-order valence-electron chi connectivity index (χ1n) is 9.43. The molecule has 0 aliphatic rings. The standard InChI is InChI=1S/C23H19ClN4O3/c1-15-12-16(31-23-25-8-5-9-26-23)6-7-19(15)27-22(29)17-13-18(24)20(14-21(17)30-2)28-10-3-4-11-28/h3-14H,1-2H3,(H,27,29). The number of hydrogen-bond acceptors (Lipinski definition) is 5. The second kappa shape index (κ2) is 8.89. The van der Waals surface area contributed by atoms with Crippen LogP contribution in [0.3, 0.4) is 0 Å². The highest BCUT2D eigenvalue weighted by Crippen LogP contribution is 2.31. The van der Waals surface area contributed by atoms with Gasteiger partial charge in [0, 0.05) is 36.5 Å². The SMILES string of the molecule is COc1cc(-n2cccc2)c(Cl)cc1C(=O)Nc1ccc(Oc2ncccn2)cc1C. The molecule has 0 spiro atoms. The molecule has 0 radical (unpaired) electrons. The van der Waals surface area contributed by atoms with Crippen molar-refractivity contribution in [1.29, 1.82) is 0 Å². The highest BCUT2D eigenvalue weighted by molar-refractivity contribution is 6.33. The molecule has 0 bridgehead atoms. The minimum atomic E-state index is -0.332. The third-order valence-corrected chi connectivity index (χ3v) is 4.90. The largest absolute Gasteiger partial charge is 0.496 e. The van der Waals surface area contributed by atoms with Crippen LogP contribution in [0.5, 0.6) is 17.5 Å². The zero-order valence-electron chi connectivity index (χ0n) is 16.9. The van der Waals surface area contributed by atoms with E-state index < -0.39 is 0 Å². The molecule has 1 amide bonds. The lowest BCUT2D eigenvalue weighted by atomic mass is 10.1. The van der Waals surface area contributed by atoms with Crippen molar-refractivity contribution in [3.63, 3.8) is 0 Å². The third kappa shape index (κ3) is 4.51. The Hall–Kier alpha value is -3.84. The maximum absolute atomic E-state index is 13.0. The molecule has 0 aliphatic heterocycles. The summed E-state index contributed by atoms with van der Waals surface area (Å²) in [5.41, 5.74) is 2.51. The van der Waals surface area contributed by atoms with Gasteiger partial charge in [-0.3, -0.25) is 4.79 Å². The number of anilines is 1. The molecule has 4 aromatic rings. The van der Waals surface area contributed by atoms with Gasteiger partial charge in [-0.15, -0.1) is 0 Å². The minimum absolute atomic E-state index is 0.251. The first-order valence-corrected chi connectivity index (χ1v) is 9.80. The number of aryl methyl sites for hydroxylation is 1. The van der Waals surface area contributed by atoms with Crippen LogP contribution < -0.4 is 14.8 Å². The minimum Gasteiger partial charge on any atom is -0.496 e. The molecule has 0 unspecified atom stereocenters. The number of carbonyl (C=O) groups is 1. The van der Waals surface area contributed by atoms with Gasteiger partial charge in [-0.05, 0) is 55.0 Å². The number of nitrogens with zero attached hydrogens (tertiary/aromatic N) is 3. The average Bonchev–Trinajstić information content (AvgIpc) is 3.31. The van der Waals surface area contributed by atoms with Crippen LogP contribution in [0.4, 0.5) is 5.69 Å². The van der Waals surface area contributed by atoms with E-state index in [9.17, 15) is 4.79 Å². The van der Waals surface area contributed by atoms with E-state index >= 15 is 0 Å². The highest BCUT2D eigenvalue weighted by Gasteiger charge is 2.18. The van der Waals surface area contributed by atoms with Crippen molar-refractivity contribution in [3.05, 3.63) is 89.5 Å². The summed E-state index contributed by atoms with van der Waals surface area (Å²) < 4.78 is 12.9. The smallest absolute Gasteiger partial charge is 0.321 e. The van der Waals surface area contributed by atoms with Gasteiger partial charge >= 0.3 is 6.01 Å². The molecule has 4 rings (SSSR count). The van der Waals surface area contributed by atoms with Gasteiger partial charge in [0.15, 0.2) is 0 Å². The van der Waals surface area contributed by atoms with Crippen LogP contribution in [0, 0.1) is 6.92 Å². The zero-order chi connectivity index (χ0) is 21.8. The molecule has 7 nitrogen and oxygen atoms in total. The molecule has 8 heteroatoms. The number of methoxy groups -OCH3 is 1. The van der Waals surface area contributed by atoms with Gasteiger partial charge in [-0.2, -0.15) is 0 Å². The van der Waals surface area contributed by atoms with E-state index in [0.29, 0.717) is 27.8 Å². The van der Waals surface area contributed by atoms with Crippen LogP contribution in [-0.2, 0) is 0 Å². The molecule has 2 heterocycles. The zero-order valence-corrected chi connectivity index (χ0v) is 17.6. The second-order valence-corrected chi connectivity index (χ2v) is 7.07. The normalized spacial score (nSPS) is 10.5. The molecule has 2 aromatic carbocycles. The molecule has 2 aromatic heterocycles. The topological polar surface area (TPSA) is 78.3 Å². The monoisotopic (exact) mass is 434 g/mol. The molecule has 0 fully saturated rings. The lowest BCUT2D eigenvalue weighted by Crippen LogP contribution is -2.14. The van der Waals surface area contributed by atoms with E-state index in [1.54, 1.807) is 48.8 Å². The number of amides is 1. The Morgan fingerprint density at radius 1 is 1.06 bits per heavy atom. The Kier molecular flexibility index (Phi) is 5.86. The van der Waals surface area contributed by atoms with Gasteiger partial charge in [0.25, 0.3) is 5.91 Å². The lowest BCUT2D eigenvalue weighted by Gasteiger charge is -2.15. The van der Waals surface area contributed by atoms with Crippen molar-refractivity contribution >= 4 is 23.2 Å². The summed E-state index contributed by atoms with van der Waals surface area (Å²) in [6, 6.07) is 14.4. The maximum Gasteiger partial charge on any atom is 0.321 e. The molecule has 1 N–H and O–H groups in total. The maximum atomic E-state index is 13.0. The summed E-state index contributed by atoms with van der Waals surface area (Å²) in [6.45, 7) is 1.87. The third-order valence-electron chi connectivity index (χ3n) is 4.59. The number of aromatic nitrogens is 3. The van der Waals surface area contributed by atoms with Crippen molar-refractivity contribution in [1.82, 2.24) is 14.5 Å². The summed E-state index contributed by atoms with van der Waals surface area (Å²) in [5, 5.41) is 3.34. The molecule has 0 aliphatic carbocycles. The first kappa shape index (κ1) is 20.4. The Morgan fingerprint density at radius 2 is 1.81 bits per heavy atom. The Bertz CT molecular complexity index is 1210. The molecule has 0 saturated heterocycles. The quantitative estimate of drug-likeness (QED) is 0.446. The van der Waals surface area contributed by atoms with Crippen LogP contribution in [0.15, 0.2) is 73.3 Å². The predicted molar refractivity (Wildman–Crippen MR) is 119 cm³/mol. The summed E-state index contributed by atoms with van der Waals surface area (Å²) in [7, 11) is 1.52. The van der Waals surface area contributed by atoms with Crippen molar-refractivity contribution in [2.24, 2.45) is 0 Å². The lowest BCUT2D eigenvalue weighted by molar-refractivity contribution is 0.102. The number of benzene rings is 2. The van der Waals surface area contributed by atoms with Gasteiger partial charge in [-0.1, -0.05) is 11.6 Å². The fourth-order valence-electron chi connectivity index (χ4n) is 3.06. The van der Waals surface area contributed by atoms with Crippen molar-refractivity contribution in [3.8, 4) is 23.2 Å². The van der Waals surface area contributed by atoms with Gasteiger partial charge in [0.05, 0.1) is 23.4 Å².